The van der Waals surface area contributed by atoms with Gasteiger partial charge < -0.3 is 4.98 Å². The Kier molecular flexibility index (Phi) is 2.49. The van der Waals surface area contributed by atoms with Crippen LogP contribution in [-0.2, 0) is 0 Å². The molecule has 0 radical (unpaired) electrons. The molecule has 0 amide bonds. The van der Waals surface area contributed by atoms with Gasteiger partial charge in [-0.15, -0.1) is 0 Å². The van der Waals surface area contributed by atoms with Crippen LogP contribution in [0.15, 0.2) is 52.3 Å². The minimum atomic E-state index is -0.692. The number of hydrogen-bond donors (Lipinski definition) is 1. The molecule has 0 aliphatic rings. The minimum absolute atomic E-state index is 0.140. The molecule has 3 rings (SSSR count). The molecule has 0 aliphatic heterocycles. The van der Waals surface area contributed by atoms with Gasteiger partial charge in [0.05, 0.1) is 16.6 Å². The molecule has 0 atom stereocenters. The second kappa shape index (κ2) is 4.16. The Bertz CT molecular complexity index is 868. The van der Waals surface area contributed by atoms with E-state index in [-0.39, 0.29) is 10.9 Å². The van der Waals surface area contributed by atoms with Gasteiger partial charge in [-0.2, -0.15) is 0 Å². The van der Waals surface area contributed by atoms with Gasteiger partial charge in [0.25, 0.3) is 5.56 Å². The molecule has 0 spiro atoms. The zero-order chi connectivity index (χ0) is 13.4. The highest BCUT2D eigenvalue weighted by molar-refractivity contribution is 5.78. The van der Waals surface area contributed by atoms with Crippen molar-refractivity contribution in [1.29, 1.82) is 0 Å². The summed E-state index contributed by atoms with van der Waals surface area (Å²) in [6, 6.07) is 7.10. The molecule has 0 aliphatic carbocycles. The lowest BCUT2D eigenvalue weighted by atomic mass is 10.2. The van der Waals surface area contributed by atoms with Crippen molar-refractivity contribution in [3.05, 3.63) is 69.4 Å². The predicted octanol–water partition coefficient (Wildman–Crippen LogP) is 1.21. The highest BCUT2D eigenvalue weighted by Crippen LogP contribution is 2.10. The second-order valence-corrected chi connectivity index (χ2v) is 3.94. The van der Waals surface area contributed by atoms with Crippen molar-refractivity contribution in [1.82, 2.24) is 14.5 Å². The van der Waals surface area contributed by atoms with Crippen LogP contribution in [0, 0.1) is 5.82 Å². The first-order valence-corrected chi connectivity index (χ1v) is 5.52. The molecule has 0 saturated carbocycles. The molecule has 5 nitrogen and oxygen atoms in total. The SMILES string of the molecule is O=c1[nH]c2cccc(F)c2c(=O)n1-c1ccncc1. The number of pyridine rings is 1. The summed E-state index contributed by atoms with van der Waals surface area (Å²) >= 11 is 0. The van der Waals surface area contributed by atoms with Gasteiger partial charge in [0.1, 0.15) is 5.82 Å². The second-order valence-electron chi connectivity index (χ2n) is 3.94. The molecule has 3 aromatic rings. The lowest BCUT2D eigenvalue weighted by Gasteiger charge is -2.06. The van der Waals surface area contributed by atoms with Crippen LogP contribution >= 0.6 is 0 Å². The number of aromatic amines is 1. The first-order valence-electron chi connectivity index (χ1n) is 5.52. The summed E-state index contributed by atoms with van der Waals surface area (Å²) in [6.45, 7) is 0. The highest BCUT2D eigenvalue weighted by atomic mass is 19.1. The predicted molar refractivity (Wildman–Crippen MR) is 67.9 cm³/mol. The lowest BCUT2D eigenvalue weighted by molar-refractivity contribution is 0.637. The summed E-state index contributed by atoms with van der Waals surface area (Å²) in [6.07, 6.45) is 2.90. The number of nitrogens with zero attached hydrogens (tertiary/aromatic N) is 2. The van der Waals surface area contributed by atoms with E-state index in [4.69, 9.17) is 0 Å². The summed E-state index contributed by atoms with van der Waals surface area (Å²) in [4.78, 5) is 30.5. The van der Waals surface area contributed by atoms with E-state index in [2.05, 4.69) is 9.97 Å². The van der Waals surface area contributed by atoms with Crippen molar-refractivity contribution in [2.24, 2.45) is 0 Å². The maximum atomic E-state index is 13.7. The van der Waals surface area contributed by atoms with E-state index < -0.39 is 17.1 Å². The van der Waals surface area contributed by atoms with Crippen molar-refractivity contribution < 1.29 is 4.39 Å². The van der Waals surface area contributed by atoms with Gasteiger partial charge >= 0.3 is 5.69 Å². The Morgan fingerprint density at radius 3 is 2.58 bits per heavy atom. The van der Waals surface area contributed by atoms with Crippen LogP contribution in [0.25, 0.3) is 16.6 Å². The van der Waals surface area contributed by atoms with Crippen LogP contribution in [0.1, 0.15) is 0 Å². The first-order chi connectivity index (χ1) is 9.18. The van der Waals surface area contributed by atoms with E-state index in [1.165, 1.54) is 42.7 Å². The molecular formula is C13H8FN3O2. The van der Waals surface area contributed by atoms with Crippen LogP contribution < -0.4 is 11.2 Å². The van der Waals surface area contributed by atoms with Gasteiger partial charge in [0.15, 0.2) is 0 Å². The largest absolute Gasteiger partial charge is 0.333 e. The monoisotopic (exact) mass is 257 g/mol. The molecule has 0 saturated heterocycles. The fourth-order valence-electron chi connectivity index (χ4n) is 1.95. The van der Waals surface area contributed by atoms with Gasteiger partial charge in [-0.25, -0.2) is 13.8 Å². The molecule has 6 heteroatoms. The van der Waals surface area contributed by atoms with Gasteiger partial charge in [-0.05, 0) is 24.3 Å². The maximum Gasteiger partial charge on any atom is 0.333 e. The van der Waals surface area contributed by atoms with E-state index in [0.717, 1.165) is 4.57 Å². The molecule has 0 fully saturated rings. The van der Waals surface area contributed by atoms with Crippen molar-refractivity contribution in [2.45, 2.75) is 0 Å². The van der Waals surface area contributed by atoms with Gasteiger partial charge in [0.2, 0.25) is 0 Å². The number of hydrogen-bond acceptors (Lipinski definition) is 3. The van der Waals surface area contributed by atoms with Crippen molar-refractivity contribution >= 4 is 10.9 Å². The normalized spacial score (nSPS) is 10.8. The van der Waals surface area contributed by atoms with Gasteiger partial charge in [-0.3, -0.25) is 9.78 Å². The van der Waals surface area contributed by atoms with Crippen LogP contribution in [0.3, 0.4) is 0 Å². The summed E-state index contributed by atoms with van der Waals surface area (Å²) in [5, 5.41) is -0.140. The smallest absolute Gasteiger partial charge is 0.306 e. The Morgan fingerprint density at radius 1 is 1.11 bits per heavy atom. The van der Waals surface area contributed by atoms with Crippen molar-refractivity contribution in [3.8, 4) is 5.69 Å². The van der Waals surface area contributed by atoms with E-state index in [9.17, 15) is 14.0 Å². The fraction of sp³-hybridized carbons (Fsp3) is 0. The summed E-state index contributed by atoms with van der Waals surface area (Å²) in [5.74, 6) is -0.665. The molecule has 1 N–H and O–H groups in total. The molecule has 0 unspecified atom stereocenters. The Labute approximate surface area is 106 Å². The topological polar surface area (TPSA) is 67.8 Å². The van der Waals surface area contributed by atoms with Crippen molar-refractivity contribution in [2.75, 3.05) is 0 Å². The maximum absolute atomic E-state index is 13.7. The number of nitrogens with one attached hydrogen (secondary N) is 1. The van der Waals surface area contributed by atoms with Crippen LogP contribution in [0.4, 0.5) is 4.39 Å². The average Bonchev–Trinajstić information content (AvgIpc) is 2.39. The standard InChI is InChI=1S/C13H8FN3O2/c14-9-2-1-3-10-11(9)12(18)17(13(19)16-10)8-4-6-15-7-5-8/h1-7H,(H,16,19). The van der Waals surface area contributed by atoms with Crippen LogP contribution in [0.2, 0.25) is 0 Å². The Balaban J connectivity index is 2.49. The fourth-order valence-corrected chi connectivity index (χ4v) is 1.95. The summed E-state index contributed by atoms with van der Waals surface area (Å²) in [7, 11) is 0. The zero-order valence-corrected chi connectivity index (χ0v) is 9.63. The molecule has 19 heavy (non-hydrogen) atoms. The third-order valence-electron chi connectivity index (χ3n) is 2.80. The number of halogens is 1. The Hall–Kier alpha value is -2.76. The zero-order valence-electron chi connectivity index (χ0n) is 9.63. The number of rotatable bonds is 1. The molecular weight excluding hydrogens is 249 g/mol. The minimum Gasteiger partial charge on any atom is -0.306 e. The number of aromatic nitrogens is 3. The van der Waals surface area contributed by atoms with Crippen LogP contribution in [-0.4, -0.2) is 14.5 Å². The van der Waals surface area contributed by atoms with E-state index in [1.54, 1.807) is 0 Å². The third-order valence-corrected chi connectivity index (χ3v) is 2.80. The van der Waals surface area contributed by atoms with Crippen LogP contribution in [0.5, 0.6) is 0 Å². The van der Waals surface area contributed by atoms with Gasteiger partial charge in [-0.1, -0.05) is 6.07 Å². The highest BCUT2D eigenvalue weighted by Gasteiger charge is 2.12. The summed E-state index contributed by atoms with van der Waals surface area (Å²) < 4.78 is 14.6. The molecule has 94 valence electrons. The van der Waals surface area contributed by atoms with Crippen molar-refractivity contribution in [3.63, 3.8) is 0 Å². The average molecular weight is 257 g/mol. The quantitative estimate of drug-likeness (QED) is 0.712. The number of H-pyrrole nitrogens is 1. The first kappa shape index (κ1) is 11.3. The molecule has 1 aromatic carbocycles. The lowest BCUT2D eigenvalue weighted by Crippen LogP contribution is -2.34. The van der Waals surface area contributed by atoms with E-state index in [0.29, 0.717) is 5.69 Å². The number of benzene rings is 1. The molecule has 2 heterocycles. The molecule has 2 aromatic heterocycles. The Morgan fingerprint density at radius 2 is 1.84 bits per heavy atom. The van der Waals surface area contributed by atoms with E-state index in [1.807, 2.05) is 0 Å². The summed E-state index contributed by atoms with van der Waals surface area (Å²) in [5.41, 5.74) is -0.788. The van der Waals surface area contributed by atoms with Gasteiger partial charge in [0, 0.05) is 12.4 Å². The number of fused-ring (bicyclic) bond motifs is 1. The molecule has 0 bridgehead atoms. The third kappa shape index (κ3) is 1.74. The van der Waals surface area contributed by atoms with E-state index >= 15 is 0 Å².